The third kappa shape index (κ3) is 3.29. The highest BCUT2D eigenvalue weighted by Gasteiger charge is 2.81. The van der Waals surface area contributed by atoms with Crippen molar-refractivity contribution in [1.82, 2.24) is 0 Å². The quantitative estimate of drug-likeness (QED) is 0.311. The van der Waals surface area contributed by atoms with Gasteiger partial charge in [0.15, 0.2) is 11.6 Å². The summed E-state index contributed by atoms with van der Waals surface area (Å²) in [6, 6.07) is 0. The molecule has 10 atom stereocenters. The molecule has 44 heavy (non-hydrogen) atoms. The van der Waals surface area contributed by atoms with E-state index in [4.69, 9.17) is 0 Å². The lowest BCUT2D eigenvalue weighted by atomic mass is 9.28. The minimum Gasteiger partial charge on any atom is -0.381 e. The maximum Gasteiger partial charge on any atom is 0.187 e. The zero-order valence-electron chi connectivity index (χ0n) is 29.4. The summed E-state index contributed by atoms with van der Waals surface area (Å²) < 4.78 is 0. The molecule has 0 amide bonds. The van der Waals surface area contributed by atoms with Gasteiger partial charge in [0.2, 0.25) is 0 Å². The topological polar surface area (TPSA) is 74.6 Å². The first-order valence-corrected chi connectivity index (χ1v) is 18.3. The van der Waals surface area contributed by atoms with Gasteiger partial charge in [0, 0.05) is 17.3 Å². The molecule has 8 rings (SSSR count). The van der Waals surface area contributed by atoms with Crippen molar-refractivity contribution in [2.75, 3.05) is 0 Å². The molecule has 8 aliphatic rings. The highest BCUT2D eigenvalue weighted by Crippen LogP contribution is 2.80. The number of hydrogen-bond acceptors (Lipinski definition) is 4. The molecule has 1 spiro atoms. The summed E-state index contributed by atoms with van der Waals surface area (Å²) in [4.78, 5) is 30.1. The molecule has 0 aliphatic heterocycles. The van der Waals surface area contributed by atoms with Crippen molar-refractivity contribution < 1.29 is 19.8 Å². The molecular formula is C40H60O4. The highest BCUT2D eigenvalue weighted by molar-refractivity contribution is 6.04. The zero-order chi connectivity index (χ0) is 32.2. The molecule has 0 radical (unpaired) electrons. The molecular weight excluding hydrogens is 544 g/mol. The Morgan fingerprint density at radius 2 is 1.27 bits per heavy atom. The Morgan fingerprint density at radius 3 is 1.84 bits per heavy atom. The molecule has 0 heterocycles. The molecule has 2 bridgehead atoms. The fourth-order valence-corrected chi connectivity index (χ4v) is 14.5. The predicted octanol–water partition coefficient (Wildman–Crippen LogP) is 8.25. The number of carbonyl (C=O) groups is 2. The van der Waals surface area contributed by atoms with E-state index in [1.54, 1.807) is 0 Å². The van der Waals surface area contributed by atoms with Gasteiger partial charge >= 0.3 is 0 Å². The van der Waals surface area contributed by atoms with Crippen LogP contribution >= 0.6 is 0 Å². The van der Waals surface area contributed by atoms with Crippen molar-refractivity contribution in [2.45, 2.75) is 145 Å². The average molecular weight is 605 g/mol. The van der Waals surface area contributed by atoms with Gasteiger partial charge in [0.1, 0.15) is 11.2 Å². The fraction of sp³-hybridized carbons (Fsp3) is 0.850. The van der Waals surface area contributed by atoms with Gasteiger partial charge in [-0.25, -0.2) is 0 Å². The Kier molecular flexibility index (Phi) is 6.41. The molecule has 2 N–H and O–H groups in total. The molecule has 4 nitrogen and oxygen atoms in total. The summed E-state index contributed by atoms with van der Waals surface area (Å²) in [5, 5.41) is 25.9. The molecule has 4 heteroatoms. The van der Waals surface area contributed by atoms with Gasteiger partial charge in [0.25, 0.3) is 0 Å². The summed E-state index contributed by atoms with van der Waals surface area (Å²) in [6.07, 6.45) is 12.4. The van der Waals surface area contributed by atoms with Crippen LogP contribution in [0.2, 0.25) is 0 Å². The zero-order valence-corrected chi connectivity index (χ0v) is 29.4. The van der Waals surface area contributed by atoms with E-state index in [1.165, 1.54) is 29.6 Å². The van der Waals surface area contributed by atoms with Gasteiger partial charge < -0.3 is 10.2 Å². The summed E-state index contributed by atoms with van der Waals surface area (Å²) in [6.45, 7) is 22.5. The first-order chi connectivity index (χ1) is 20.3. The summed E-state index contributed by atoms with van der Waals surface area (Å²) >= 11 is 0. The largest absolute Gasteiger partial charge is 0.381 e. The molecule has 0 aromatic heterocycles. The van der Waals surface area contributed by atoms with Crippen molar-refractivity contribution in [1.29, 1.82) is 0 Å². The fourth-order valence-electron chi connectivity index (χ4n) is 14.5. The van der Waals surface area contributed by atoms with E-state index in [0.717, 1.165) is 51.4 Å². The van der Waals surface area contributed by atoms with Crippen molar-refractivity contribution in [3.8, 4) is 0 Å². The van der Waals surface area contributed by atoms with Gasteiger partial charge in [-0.15, -0.1) is 0 Å². The van der Waals surface area contributed by atoms with E-state index in [9.17, 15) is 15.0 Å². The second-order valence-electron chi connectivity index (χ2n) is 19.3. The third-order valence-electron chi connectivity index (χ3n) is 16.2. The lowest BCUT2D eigenvalue weighted by Gasteiger charge is -2.75. The molecule has 4 fully saturated rings. The molecule has 244 valence electrons. The normalized spacial score (nSPS) is 50.5. The molecule has 0 aromatic rings. The molecule has 8 aliphatic carbocycles. The summed E-state index contributed by atoms with van der Waals surface area (Å²) in [5.41, 5.74) is -0.0457. The van der Waals surface area contributed by atoms with Crippen LogP contribution in [0.1, 0.15) is 133 Å². The van der Waals surface area contributed by atoms with E-state index < -0.39 is 34.4 Å². The number of hydrogen-bond donors (Lipinski definition) is 2. The van der Waals surface area contributed by atoms with Crippen LogP contribution < -0.4 is 0 Å². The lowest BCUT2D eigenvalue weighted by Crippen LogP contribution is -2.79. The lowest BCUT2D eigenvalue weighted by molar-refractivity contribution is -0.232. The maximum absolute atomic E-state index is 15.5. The minimum absolute atomic E-state index is 0.00114. The van der Waals surface area contributed by atoms with E-state index >= 15 is 4.79 Å². The van der Waals surface area contributed by atoms with E-state index in [2.05, 4.69) is 41.5 Å². The first-order valence-electron chi connectivity index (χ1n) is 18.3. The maximum atomic E-state index is 15.5. The second kappa shape index (κ2) is 9.00. The second-order valence-corrected chi connectivity index (χ2v) is 19.3. The van der Waals surface area contributed by atoms with Gasteiger partial charge in [0.05, 0.1) is 5.92 Å². The van der Waals surface area contributed by atoms with Crippen molar-refractivity contribution in [3.63, 3.8) is 0 Å². The number of Topliss-reactive ketones (excluding diaryl/α,β-unsaturated/α-hetero) is 1. The van der Waals surface area contributed by atoms with Crippen LogP contribution in [0.5, 0.6) is 0 Å². The smallest absolute Gasteiger partial charge is 0.187 e. The SMILES string of the molecule is CC(C)[C@]1(O)C(=O)C=C2[C@]3(CC[C@H]4C(C)(C)CCC[C@]24C)[C@@H]2C(=O)[C@@](O)(C(C)C)[C@@H](C4=C2[C@@]2(C)CCCC(C)(C)[C@@H]2CC4)[C@H]31. The van der Waals surface area contributed by atoms with Crippen LogP contribution in [-0.2, 0) is 9.59 Å². The number of rotatable bonds is 2. The Morgan fingerprint density at radius 1 is 0.727 bits per heavy atom. The van der Waals surface area contributed by atoms with Crippen LogP contribution in [-0.4, -0.2) is 33.0 Å². The van der Waals surface area contributed by atoms with Crippen LogP contribution in [0, 0.1) is 68.5 Å². The molecule has 4 saturated carbocycles. The minimum atomic E-state index is -1.62. The van der Waals surface area contributed by atoms with Gasteiger partial charge in [-0.05, 0) is 103 Å². The number of carbonyl (C=O) groups excluding carboxylic acids is 2. The predicted molar refractivity (Wildman–Crippen MR) is 175 cm³/mol. The number of ketones is 2. The third-order valence-corrected chi connectivity index (χ3v) is 16.2. The first kappa shape index (κ1) is 31.3. The highest BCUT2D eigenvalue weighted by atomic mass is 16.3. The van der Waals surface area contributed by atoms with E-state index in [0.29, 0.717) is 11.8 Å². The van der Waals surface area contributed by atoms with Crippen LogP contribution in [0.3, 0.4) is 0 Å². The molecule has 0 aromatic carbocycles. The van der Waals surface area contributed by atoms with Crippen LogP contribution in [0.25, 0.3) is 0 Å². The Labute approximate surface area is 266 Å². The van der Waals surface area contributed by atoms with Crippen molar-refractivity contribution in [2.24, 2.45) is 68.5 Å². The van der Waals surface area contributed by atoms with Crippen LogP contribution in [0.4, 0.5) is 0 Å². The molecule has 0 saturated heterocycles. The average Bonchev–Trinajstić information content (AvgIpc) is 2.91. The standard InChI is InChI=1S/C40H60O4/c1-22(2)39(43)28(41)21-27-36(9)18-11-16-35(7,8)26(36)15-20-38(27)31-29-24(30(32(38)39)40(44,23(3)4)33(31)42)13-14-25-34(5,6)17-12-19-37(25,29)10/h21-23,25-26,30-32,43-44H,11-20H2,1-10H3/t25-,26-,30-,31-,32+,36-,37-,38+,39-,40+/m0/s1. The van der Waals surface area contributed by atoms with Gasteiger partial charge in [-0.1, -0.05) is 98.8 Å². The van der Waals surface area contributed by atoms with Crippen LogP contribution in [0.15, 0.2) is 22.8 Å². The Hall–Kier alpha value is -1.26. The molecule has 0 unspecified atom stereocenters. The Balaban J connectivity index is 1.58. The van der Waals surface area contributed by atoms with Gasteiger partial charge in [-0.3, -0.25) is 9.59 Å². The number of fused-ring (bicyclic) bond motifs is 4. The summed E-state index contributed by atoms with van der Waals surface area (Å²) in [7, 11) is 0. The van der Waals surface area contributed by atoms with Crippen molar-refractivity contribution >= 4 is 11.6 Å². The monoisotopic (exact) mass is 604 g/mol. The van der Waals surface area contributed by atoms with Gasteiger partial charge in [-0.2, -0.15) is 0 Å². The summed E-state index contributed by atoms with van der Waals surface area (Å²) in [5.74, 6) is -1.39. The van der Waals surface area contributed by atoms with Crippen molar-refractivity contribution in [3.05, 3.63) is 22.8 Å². The van der Waals surface area contributed by atoms with E-state index in [1.807, 2.05) is 33.8 Å². The Bertz CT molecular complexity index is 1380. The number of allylic oxidation sites excluding steroid dienone is 2. The number of aliphatic hydroxyl groups is 2. The van der Waals surface area contributed by atoms with E-state index in [-0.39, 0.29) is 45.1 Å².